The summed E-state index contributed by atoms with van der Waals surface area (Å²) in [7, 11) is 0. The molecule has 2 aliphatic heterocycles. The molecule has 0 bridgehead atoms. The van der Waals surface area contributed by atoms with Crippen LogP contribution in [0.1, 0.15) is 37.3 Å². The number of hydrogen-bond acceptors (Lipinski definition) is 3. The van der Waals surface area contributed by atoms with Crippen molar-refractivity contribution in [1.29, 1.82) is 0 Å². The number of aryl methyl sites for hydroxylation is 2. The van der Waals surface area contributed by atoms with Gasteiger partial charge in [-0.1, -0.05) is 17.7 Å². The lowest BCUT2D eigenvalue weighted by Gasteiger charge is -2.26. The van der Waals surface area contributed by atoms with Crippen LogP contribution in [0.4, 0.5) is 5.69 Å². The Morgan fingerprint density at radius 1 is 1.22 bits per heavy atom. The number of nitrogens with zero attached hydrogens (tertiary/aromatic N) is 2. The topological polar surface area (TPSA) is 35.6 Å². The number of hydrogen-bond donors (Lipinski definition) is 1. The van der Waals surface area contributed by atoms with Gasteiger partial charge in [-0.2, -0.15) is 0 Å². The van der Waals surface area contributed by atoms with E-state index in [0.29, 0.717) is 6.04 Å². The molecule has 2 heterocycles. The van der Waals surface area contributed by atoms with E-state index in [1.54, 1.807) is 0 Å². The first-order chi connectivity index (χ1) is 11.0. The number of anilines is 1. The van der Waals surface area contributed by atoms with E-state index in [4.69, 9.17) is 0 Å². The van der Waals surface area contributed by atoms with Crippen LogP contribution in [-0.2, 0) is 4.79 Å². The van der Waals surface area contributed by atoms with Gasteiger partial charge in [-0.05, 0) is 64.8 Å². The van der Waals surface area contributed by atoms with Crippen LogP contribution < -0.4 is 5.32 Å². The second-order valence-electron chi connectivity index (χ2n) is 7.16. The van der Waals surface area contributed by atoms with Crippen molar-refractivity contribution in [3.8, 4) is 0 Å². The Labute approximate surface area is 139 Å². The van der Waals surface area contributed by atoms with Gasteiger partial charge < -0.3 is 5.32 Å². The van der Waals surface area contributed by atoms with E-state index in [1.165, 1.54) is 37.9 Å². The second kappa shape index (κ2) is 7.02. The number of carbonyl (C=O) groups excluding carboxylic acids is 1. The highest BCUT2D eigenvalue weighted by molar-refractivity contribution is 5.95. The Morgan fingerprint density at radius 3 is 2.65 bits per heavy atom. The molecule has 23 heavy (non-hydrogen) atoms. The minimum atomic E-state index is -0.0664. The predicted octanol–water partition coefficient (Wildman–Crippen LogP) is 2.80. The molecule has 2 atom stereocenters. The minimum Gasteiger partial charge on any atom is -0.324 e. The van der Waals surface area contributed by atoms with Crippen molar-refractivity contribution in [2.24, 2.45) is 0 Å². The van der Waals surface area contributed by atoms with Crippen LogP contribution in [0.5, 0.6) is 0 Å². The second-order valence-corrected chi connectivity index (χ2v) is 7.16. The van der Waals surface area contributed by atoms with E-state index < -0.39 is 0 Å². The van der Waals surface area contributed by atoms with Gasteiger partial charge in [0.05, 0.1) is 6.04 Å². The number of amides is 1. The number of nitrogens with one attached hydrogen (secondary N) is 1. The maximum Gasteiger partial charge on any atom is 0.241 e. The average Bonchev–Trinajstić information content (AvgIpc) is 3.19. The van der Waals surface area contributed by atoms with Crippen LogP contribution in [-0.4, -0.2) is 54.0 Å². The zero-order valence-electron chi connectivity index (χ0n) is 14.6. The Balaban J connectivity index is 1.57. The summed E-state index contributed by atoms with van der Waals surface area (Å²) in [5.41, 5.74) is 3.28. The summed E-state index contributed by atoms with van der Waals surface area (Å²) in [5.74, 6) is 0.110. The molecule has 2 saturated heterocycles. The number of likely N-dealkylation sites (tertiary alicyclic amines) is 2. The van der Waals surface area contributed by atoms with Gasteiger partial charge in [-0.3, -0.25) is 14.6 Å². The largest absolute Gasteiger partial charge is 0.324 e. The monoisotopic (exact) mass is 315 g/mol. The standard InChI is InChI=1S/C19H29N3O/c1-14-6-7-18(15(2)12-14)20-19(23)16(3)22-11-8-17(13-22)21-9-4-5-10-21/h6-7,12,16-17H,4-5,8-11,13H2,1-3H3,(H,20,23). The molecule has 4 heteroatoms. The molecule has 4 nitrogen and oxygen atoms in total. The number of carbonyl (C=O) groups is 1. The normalized spacial score (nSPS) is 24.0. The zero-order chi connectivity index (χ0) is 16.4. The first-order valence-corrected chi connectivity index (χ1v) is 8.91. The highest BCUT2D eigenvalue weighted by atomic mass is 16.2. The predicted molar refractivity (Wildman–Crippen MR) is 94.8 cm³/mol. The van der Waals surface area contributed by atoms with Gasteiger partial charge in [-0.25, -0.2) is 0 Å². The summed E-state index contributed by atoms with van der Waals surface area (Å²) in [5, 5.41) is 3.10. The fourth-order valence-electron chi connectivity index (χ4n) is 3.88. The van der Waals surface area contributed by atoms with Gasteiger partial charge in [0, 0.05) is 24.8 Å². The van der Waals surface area contributed by atoms with Crippen molar-refractivity contribution in [1.82, 2.24) is 9.80 Å². The molecular formula is C19H29N3O. The Bertz CT molecular complexity index is 566. The van der Waals surface area contributed by atoms with Crippen LogP contribution >= 0.6 is 0 Å². The molecule has 0 radical (unpaired) electrons. The molecule has 0 spiro atoms. The fraction of sp³-hybridized carbons (Fsp3) is 0.632. The lowest BCUT2D eigenvalue weighted by Crippen LogP contribution is -2.43. The van der Waals surface area contributed by atoms with E-state index in [9.17, 15) is 4.79 Å². The summed E-state index contributed by atoms with van der Waals surface area (Å²) in [6.45, 7) is 10.7. The lowest BCUT2D eigenvalue weighted by molar-refractivity contribution is -0.120. The SMILES string of the molecule is Cc1ccc(NC(=O)C(C)N2CCC(N3CCCC3)C2)c(C)c1. The van der Waals surface area contributed by atoms with Crippen molar-refractivity contribution < 1.29 is 4.79 Å². The van der Waals surface area contributed by atoms with Gasteiger partial charge >= 0.3 is 0 Å². The molecule has 1 N–H and O–H groups in total. The van der Waals surface area contributed by atoms with E-state index in [1.807, 2.05) is 26.0 Å². The van der Waals surface area contributed by atoms with Crippen molar-refractivity contribution in [3.63, 3.8) is 0 Å². The quantitative estimate of drug-likeness (QED) is 0.928. The number of rotatable bonds is 4. The Kier molecular flexibility index (Phi) is 5.02. The first kappa shape index (κ1) is 16.5. The molecule has 126 valence electrons. The molecule has 0 saturated carbocycles. The van der Waals surface area contributed by atoms with Gasteiger partial charge in [0.25, 0.3) is 0 Å². The molecule has 2 fully saturated rings. The Hall–Kier alpha value is -1.39. The highest BCUT2D eigenvalue weighted by Crippen LogP contribution is 2.23. The molecule has 2 aliphatic rings. The third kappa shape index (κ3) is 3.75. The minimum absolute atomic E-state index is 0.0664. The lowest BCUT2D eigenvalue weighted by atomic mass is 10.1. The van der Waals surface area contributed by atoms with Crippen LogP contribution in [0.3, 0.4) is 0 Å². The molecule has 2 unspecified atom stereocenters. The summed E-state index contributed by atoms with van der Waals surface area (Å²) in [6.07, 6.45) is 3.86. The Morgan fingerprint density at radius 2 is 1.96 bits per heavy atom. The highest BCUT2D eigenvalue weighted by Gasteiger charge is 2.33. The summed E-state index contributed by atoms with van der Waals surface area (Å²) < 4.78 is 0. The van der Waals surface area contributed by atoms with E-state index >= 15 is 0 Å². The van der Waals surface area contributed by atoms with Crippen LogP contribution in [0, 0.1) is 13.8 Å². The molecular weight excluding hydrogens is 286 g/mol. The zero-order valence-corrected chi connectivity index (χ0v) is 14.6. The molecule has 0 aliphatic carbocycles. The molecule has 1 aromatic rings. The van der Waals surface area contributed by atoms with Crippen molar-refractivity contribution >= 4 is 11.6 Å². The maximum atomic E-state index is 12.6. The van der Waals surface area contributed by atoms with Crippen LogP contribution in [0.2, 0.25) is 0 Å². The van der Waals surface area contributed by atoms with Gasteiger partial charge in [0.1, 0.15) is 0 Å². The molecule has 0 aromatic heterocycles. The van der Waals surface area contributed by atoms with Crippen LogP contribution in [0.15, 0.2) is 18.2 Å². The van der Waals surface area contributed by atoms with Gasteiger partial charge in [0.15, 0.2) is 0 Å². The van der Waals surface area contributed by atoms with Crippen molar-refractivity contribution in [2.75, 3.05) is 31.5 Å². The third-order valence-corrected chi connectivity index (χ3v) is 5.42. The third-order valence-electron chi connectivity index (χ3n) is 5.42. The first-order valence-electron chi connectivity index (χ1n) is 8.91. The number of benzene rings is 1. The van der Waals surface area contributed by atoms with Crippen LogP contribution in [0.25, 0.3) is 0 Å². The molecule has 1 aromatic carbocycles. The van der Waals surface area contributed by atoms with E-state index in [0.717, 1.165) is 24.3 Å². The van der Waals surface area contributed by atoms with Crippen molar-refractivity contribution in [3.05, 3.63) is 29.3 Å². The summed E-state index contributed by atoms with van der Waals surface area (Å²) in [4.78, 5) is 17.5. The summed E-state index contributed by atoms with van der Waals surface area (Å²) in [6, 6.07) is 6.75. The van der Waals surface area contributed by atoms with Crippen molar-refractivity contribution in [2.45, 2.75) is 52.1 Å². The van der Waals surface area contributed by atoms with Gasteiger partial charge in [0.2, 0.25) is 5.91 Å². The molecule has 1 amide bonds. The summed E-state index contributed by atoms with van der Waals surface area (Å²) >= 11 is 0. The van der Waals surface area contributed by atoms with E-state index in [-0.39, 0.29) is 11.9 Å². The molecule has 3 rings (SSSR count). The average molecular weight is 315 g/mol. The maximum absolute atomic E-state index is 12.6. The smallest absolute Gasteiger partial charge is 0.241 e. The fourth-order valence-corrected chi connectivity index (χ4v) is 3.88. The van der Waals surface area contributed by atoms with E-state index in [2.05, 4.69) is 28.1 Å². The van der Waals surface area contributed by atoms with Gasteiger partial charge in [-0.15, -0.1) is 0 Å².